The Kier molecular flexibility index (Phi) is 7.32. The molecule has 0 radical (unpaired) electrons. The normalized spacial score (nSPS) is 11.4. The Balaban J connectivity index is 2.19. The van der Waals surface area contributed by atoms with Crippen LogP contribution in [0.15, 0.2) is 47.6 Å². The smallest absolute Gasteiger partial charge is 0.251 e. The van der Waals surface area contributed by atoms with E-state index in [1.54, 1.807) is 32.3 Å². The van der Waals surface area contributed by atoms with Gasteiger partial charge < -0.3 is 10.1 Å². The molecule has 0 atom stereocenters. The van der Waals surface area contributed by atoms with Crippen molar-refractivity contribution in [3.05, 3.63) is 53.9 Å². The quantitative estimate of drug-likeness (QED) is 0.707. The first-order valence-electron chi connectivity index (χ1n) is 8.79. The second kappa shape index (κ2) is 9.48. The monoisotopic (exact) mass is 391 g/mol. The third-order valence-corrected chi connectivity index (χ3v) is 6.24. The summed E-state index contributed by atoms with van der Waals surface area (Å²) in [5.74, 6) is -0.119. The van der Waals surface area contributed by atoms with Crippen LogP contribution in [0.4, 0.5) is 0 Å². The molecule has 0 aliphatic rings. The molecule has 0 saturated heterocycles. The molecule has 146 valence electrons. The van der Waals surface area contributed by atoms with Crippen LogP contribution >= 0.6 is 0 Å². The first-order valence-corrected chi connectivity index (χ1v) is 10.2. The first kappa shape index (κ1) is 20.9. The number of rotatable bonds is 9. The van der Waals surface area contributed by atoms with Gasteiger partial charge in [0.1, 0.15) is 10.6 Å². The molecule has 1 aromatic heterocycles. The lowest BCUT2D eigenvalue weighted by atomic mass is 10.2. The molecule has 1 amide bonds. The van der Waals surface area contributed by atoms with Gasteiger partial charge in [-0.15, -0.1) is 0 Å². The van der Waals surface area contributed by atoms with Crippen molar-refractivity contribution in [1.29, 1.82) is 0 Å². The third-order valence-electron chi connectivity index (χ3n) is 4.17. The lowest BCUT2D eigenvalue weighted by Gasteiger charge is -2.20. The number of methoxy groups -OCH3 is 1. The van der Waals surface area contributed by atoms with Crippen LogP contribution in [0.5, 0.6) is 5.75 Å². The largest absolute Gasteiger partial charge is 0.495 e. The minimum Gasteiger partial charge on any atom is -0.495 e. The van der Waals surface area contributed by atoms with Crippen molar-refractivity contribution >= 4 is 15.9 Å². The van der Waals surface area contributed by atoms with Crippen molar-refractivity contribution in [2.75, 3.05) is 26.7 Å². The number of carbonyl (C=O) groups is 1. The number of sulfonamides is 1. The fraction of sp³-hybridized carbons (Fsp3) is 0.368. The topological polar surface area (TPSA) is 88.6 Å². The molecule has 0 aliphatic heterocycles. The zero-order chi connectivity index (χ0) is 19.9. The molecule has 0 fully saturated rings. The van der Waals surface area contributed by atoms with Crippen LogP contribution in [0.1, 0.15) is 29.8 Å². The van der Waals surface area contributed by atoms with Crippen molar-refractivity contribution in [2.24, 2.45) is 0 Å². The average molecular weight is 391 g/mol. The molecule has 0 bridgehead atoms. The highest BCUT2D eigenvalue weighted by Gasteiger charge is 2.26. The van der Waals surface area contributed by atoms with Gasteiger partial charge in [-0.2, -0.15) is 4.31 Å². The van der Waals surface area contributed by atoms with Crippen LogP contribution in [-0.4, -0.2) is 50.4 Å². The number of nitrogens with one attached hydrogen (secondary N) is 1. The molecule has 1 heterocycles. The number of aromatic nitrogens is 1. The summed E-state index contributed by atoms with van der Waals surface area (Å²) in [5.41, 5.74) is 1.28. The molecule has 2 rings (SSSR count). The van der Waals surface area contributed by atoms with Crippen LogP contribution in [-0.2, 0) is 16.4 Å². The Labute approximate surface area is 160 Å². The molecule has 2 aromatic rings. The highest BCUT2D eigenvalue weighted by molar-refractivity contribution is 7.89. The van der Waals surface area contributed by atoms with Crippen molar-refractivity contribution in [3.63, 3.8) is 0 Å². The van der Waals surface area contributed by atoms with Crippen molar-refractivity contribution in [3.8, 4) is 5.75 Å². The maximum Gasteiger partial charge on any atom is 0.251 e. The van der Waals surface area contributed by atoms with Gasteiger partial charge in [0.05, 0.1) is 7.11 Å². The van der Waals surface area contributed by atoms with Gasteiger partial charge in [0.2, 0.25) is 10.0 Å². The van der Waals surface area contributed by atoms with Gasteiger partial charge >= 0.3 is 0 Å². The van der Waals surface area contributed by atoms with Gasteiger partial charge in [-0.05, 0) is 36.2 Å². The van der Waals surface area contributed by atoms with Crippen molar-refractivity contribution in [1.82, 2.24) is 14.6 Å². The Morgan fingerprint density at radius 1 is 1.22 bits per heavy atom. The highest BCUT2D eigenvalue weighted by Crippen LogP contribution is 2.27. The number of amides is 1. The van der Waals surface area contributed by atoms with E-state index in [4.69, 9.17) is 4.74 Å². The Hall–Kier alpha value is -2.45. The molecule has 0 aliphatic carbocycles. The number of pyridine rings is 1. The summed E-state index contributed by atoms with van der Waals surface area (Å²) in [4.78, 5) is 16.5. The molecule has 0 spiro atoms. The summed E-state index contributed by atoms with van der Waals surface area (Å²) < 4.78 is 32.2. The zero-order valence-corrected chi connectivity index (χ0v) is 16.6. The summed E-state index contributed by atoms with van der Waals surface area (Å²) in [7, 11) is -2.34. The van der Waals surface area contributed by atoms with E-state index in [1.165, 1.54) is 23.5 Å². The fourth-order valence-corrected chi connectivity index (χ4v) is 4.33. The highest BCUT2D eigenvalue weighted by atomic mass is 32.2. The molecular formula is C19H25N3O4S. The van der Waals surface area contributed by atoms with Gasteiger partial charge in [0.15, 0.2) is 0 Å². The maximum atomic E-state index is 12.9. The first-order chi connectivity index (χ1) is 12.9. The van der Waals surface area contributed by atoms with Crippen LogP contribution in [0.25, 0.3) is 0 Å². The van der Waals surface area contributed by atoms with E-state index in [-0.39, 0.29) is 22.1 Å². The van der Waals surface area contributed by atoms with Gasteiger partial charge in [-0.3, -0.25) is 9.78 Å². The molecule has 7 nitrogen and oxygen atoms in total. The van der Waals surface area contributed by atoms with Crippen LogP contribution in [0.2, 0.25) is 0 Å². The third kappa shape index (κ3) is 5.05. The van der Waals surface area contributed by atoms with Crippen LogP contribution in [0, 0.1) is 0 Å². The Morgan fingerprint density at radius 3 is 2.56 bits per heavy atom. The van der Waals surface area contributed by atoms with E-state index in [2.05, 4.69) is 10.3 Å². The summed E-state index contributed by atoms with van der Waals surface area (Å²) in [5, 5.41) is 2.80. The van der Waals surface area contributed by atoms with Crippen molar-refractivity contribution in [2.45, 2.75) is 25.2 Å². The van der Waals surface area contributed by atoms with Gasteiger partial charge in [0, 0.05) is 37.6 Å². The molecule has 0 saturated carbocycles. The number of hydrogen-bond acceptors (Lipinski definition) is 5. The predicted octanol–water partition coefficient (Wildman–Crippen LogP) is 2.09. The van der Waals surface area contributed by atoms with E-state index in [0.717, 1.165) is 5.56 Å². The molecule has 1 N–H and O–H groups in total. The second-order valence-corrected chi connectivity index (χ2v) is 7.73. The number of carbonyl (C=O) groups excluding carboxylic acids is 1. The lowest BCUT2D eigenvalue weighted by molar-refractivity contribution is 0.0954. The summed E-state index contributed by atoms with van der Waals surface area (Å²) in [6.45, 7) is 4.63. The molecule has 0 unspecified atom stereocenters. The molecular weight excluding hydrogens is 366 g/mol. The minimum atomic E-state index is -3.74. The van der Waals surface area contributed by atoms with Crippen LogP contribution < -0.4 is 10.1 Å². The van der Waals surface area contributed by atoms with E-state index < -0.39 is 10.0 Å². The van der Waals surface area contributed by atoms with E-state index in [0.29, 0.717) is 26.1 Å². The summed E-state index contributed by atoms with van der Waals surface area (Å²) in [6, 6.07) is 8.20. The fourth-order valence-electron chi connectivity index (χ4n) is 2.69. The van der Waals surface area contributed by atoms with Gasteiger partial charge in [-0.25, -0.2) is 8.42 Å². The Bertz CT molecular complexity index is 866. The Morgan fingerprint density at radius 2 is 1.96 bits per heavy atom. The lowest BCUT2D eigenvalue weighted by Crippen LogP contribution is -2.31. The standard InChI is InChI=1S/C19H25N3O4S/c1-4-22(5-2)27(24,25)18-13-16(8-9-17(18)26-3)19(23)21-12-10-15-7-6-11-20-14-15/h6-9,11,13-14H,4-5,10,12H2,1-3H3,(H,21,23). The van der Waals surface area contributed by atoms with E-state index in [1.807, 2.05) is 12.1 Å². The maximum absolute atomic E-state index is 12.9. The van der Waals surface area contributed by atoms with Crippen LogP contribution in [0.3, 0.4) is 0 Å². The number of nitrogens with zero attached hydrogens (tertiary/aromatic N) is 2. The summed E-state index contributed by atoms with van der Waals surface area (Å²) >= 11 is 0. The van der Waals surface area contributed by atoms with E-state index in [9.17, 15) is 13.2 Å². The van der Waals surface area contributed by atoms with Crippen molar-refractivity contribution < 1.29 is 17.9 Å². The molecule has 8 heteroatoms. The number of benzene rings is 1. The van der Waals surface area contributed by atoms with Gasteiger partial charge in [0.25, 0.3) is 5.91 Å². The minimum absolute atomic E-state index is 0.00592. The average Bonchev–Trinajstić information content (AvgIpc) is 2.69. The van der Waals surface area contributed by atoms with Gasteiger partial charge in [-0.1, -0.05) is 19.9 Å². The SMILES string of the molecule is CCN(CC)S(=O)(=O)c1cc(C(=O)NCCc2cccnc2)ccc1OC. The number of ether oxygens (including phenoxy) is 1. The second-order valence-electron chi connectivity index (χ2n) is 5.82. The molecule has 1 aromatic carbocycles. The summed E-state index contributed by atoms with van der Waals surface area (Å²) in [6.07, 6.45) is 4.08. The zero-order valence-electron chi connectivity index (χ0n) is 15.8. The predicted molar refractivity (Wildman–Crippen MR) is 103 cm³/mol. The number of hydrogen-bond donors (Lipinski definition) is 1. The molecule has 27 heavy (non-hydrogen) atoms. The van der Waals surface area contributed by atoms with E-state index >= 15 is 0 Å².